The first-order valence-corrected chi connectivity index (χ1v) is 2.02. The van der Waals surface area contributed by atoms with E-state index in [1.165, 1.54) is 13.2 Å². The van der Waals surface area contributed by atoms with Crippen LogP contribution in [0.3, 0.4) is 0 Å². The van der Waals surface area contributed by atoms with Crippen molar-refractivity contribution in [3.8, 4) is 0 Å². The molecule has 2 nitrogen and oxygen atoms in total. The van der Waals surface area contributed by atoms with Crippen LogP contribution in [0.15, 0.2) is 12.2 Å². The van der Waals surface area contributed by atoms with Crippen LogP contribution >= 0.6 is 0 Å². The topological polar surface area (TPSA) is 26.3 Å². The third-order valence-corrected chi connectivity index (χ3v) is 0.504. The molecular formula is C6H12O2. The standard InChI is InChI=1S/C5H8O2.CH4/c1-3-4-5(6)7-2;/h3-4H,1-2H3;1H4/b4-3+;. The molecule has 0 fully saturated rings. The lowest BCUT2D eigenvalue weighted by Crippen LogP contribution is -1.92. The number of hydrogen-bond acceptors (Lipinski definition) is 2. The van der Waals surface area contributed by atoms with Crippen LogP contribution in [0.4, 0.5) is 0 Å². The molecule has 0 aromatic carbocycles. The molecule has 0 heterocycles. The number of esters is 1. The maximum atomic E-state index is 10.1. The van der Waals surface area contributed by atoms with Gasteiger partial charge >= 0.3 is 5.97 Å². The van der Waals surface area contributed by atoms with E-state index in [-0.39, 0.29) is 13.4 Å². The lowest BCUT2D eigenvalue weighted by molar-refractivity contribution is -0.134. The Hall–Kier alpha value is -0.790. The average molecular weight is 116 g/mol. The summed E-state index contributed by atoms with van der Waals surface area (Å²) in [5.41, 5.74) is 0. The van der Waals surface area contributed by atoms with Gasteiger partial charge in [-0.15, -0.1) is 0 Å². The van der Waals surface area contributed by atoms with E-state index in [2.05, 4.69) is 4.74 Å². The summed E-state index contributed by atoms with van der Waals surface area (Å²) < 4.78 is 4.26. The molecule has 0 aliphatic carbocycles. The minimum Gasteiger partial charge on any atom is -0.466 e. The van der Waals surface area contributed by atoms with Crippen molar-refractivity contribution in [1.82, 2.24) is 0 Å². The summed E-state index contributed by atoms with van der Waals surface area (Å²) in [6.45, 7) is 1.76. The summed E-state index contributed by atoms with van der Waals surface area (Å²) in [5.74, 6) is -0.303. The fraction of sp³-hybridized carbons (Fsp3) is 0.500. The molecule has 48 valence electrons. The molecule has 0 aromatic heterocycles. The third kappa shape index (κ3) is 5.21. The predicted molar refractivity (Wildman–Crippen MR) is 33.6 cm³/mol. The normalized spacial score (nSPS) is 8.25. The van der Waals surface area contributed by atoms with E-state index in [1.807, 2.05) is 0 Å². The molecule has 0 N–H and O–H groups in total. The second kappa shape index (κ2) is 6.21. The van der Waals surface area contributed by atoms with Crippen molar-refractivity contribution < 1.29 is 9.53 Å². The molecule has 0 unspecified atom stereocenters. The highest BCUT2D eigenvalue weighted by Gasteiger charge is 1.84. The van der Waals surface area contributed by atoms with E-state index >= 15 is 0 Å². The minimum atomic E-state index is -0.303. The molecule has 0 bridgehead atoms. The fourth-order valence-electron chi connectivity index (χ4n) is 0.204. The van der Waals surface area contributed by atoms with Crippen LogP contribution in [0.1, 0.15) is 14.4 Å². The summed E-state index contributed by atoms with van der Waals surface area (Å²) in [6, 6.07) is 0. The van der Waals surface area contributed by atoms with Crippen molar-refractivity contribution in [2.24, 2.45) is 0 Å². The van der Waals surface area contributed by atoms with Gasteiger partial charge in [-0.2, -0.15) is 0 Å². The highest BCUT2D eigenvalue weighted by Crippen LogP contribution is 1.73. The molecule has 0 amide bonds. The Bertz CT molecular complexity index is 84.5. The van der Waals surface area contributed by atoms with E-state index in [9.17, 15) is 4.79 Å². The first-order valence-electron chi connectivity index (χ1n) is 2.02. The minimum absolute atomic E-state index is 0. The molecule has 0 aliphatic rings. The SMILES string of the molecule is C.C/C=C/C(=O)OC. The van der Waals surface area contributed by atoms with Crippen molar-refractivity contribution in [2.45, 2.75) is 14.4 Å². The van der Waals surface area contributed by atoms with E-state index in [0.717, 1.165) is 0 Å². The van der Waals surface area contributed by atoms with Crippen LogP contribution in [0, 0.1) is 0 Å². The first kappa shape index (κ1) is 10.2. The van der Waals surface area contributed by atoms with Gasteiger partial charge in [-0.3, -0.25) is 0 Å². The molecule has 0 aromatic rings. The Morgan fingerprint density at radius 3 is 2.25 bits per heavy atom. The highest BCUT2D eigenvalue weighted by atomic mass is 16.5. The summed E-state index contributed by atoms with van der Waals surface area (Å²) in [4.78, 5) is 10.1. The number of methoxy groups -OCH3 is 1. The van der Waals surface area contributed by atoms with Crippen molar-refractivity contribution >= 4 is 5.97 Å². The Morgan fingerprint density at radius 2 is 2.12 bits per heavy atom. The highest BCUT2D eigenvalue weighted by molar-refractivity contribution is 5.81. The van der Waals surface area contributed by atoms with Crippen LogP contribution in [0.2, 0.25) is 0 Å². The fourth-order valence-corrected chi connectivity index (χ4v) is 0.204. The zero-order valence-corrected chi connectivity index (χ0v) is 4.47. The van der Waals surface area contributed by atoms with Gasteiger partial charge in [0, 0.05) is 6.08 Å². The van der Waals surface area contributed by atoms with Gasteiger partial charge in [-0.1, -0.05) is 13.5 Å². The Balaban J connectivity index is 0. The van der Waals surface area contributed by atoms with Gasteiger partial charge in [-0.05, 0) is 6.92 Å². The molecule has 0 saturated heterocycles. The van der Waals surface area contributed by atoms with Crippen LogP contribution in [-0.2, 0) is 9.53 Å². The van der Waals surface area contributed by atoms with E-state index < -0.39 is 0 Å². The van der Waals surface area contributed by atoms with E-state index in [1.54, 1.807) is 13.0 Å². The molecule has 0 rings (SSSR count). The summed E-state index contributed by atoms with van der Waals surface area (Å²) in [5, 5.41) is 0. The largest absolute Gasteiger partial charge is 0.466 e. The molecule has 0 saturated carbocycles. The molecule has 0 spiro atoms. The number of rotatable bonds is 1. The van der Waals surface area contributed by atoms with Crippen LogP contribution in [0.5, 0.6) is 0 Å². The monoisotopic (exact) mass is 116 g/mol. The second-order valence-corrected chi connectivity index (χ2v) is 1.02. The smallest absolute Gasteiger partial charge is 0.330 e. The molecular weight excluding hydrogens is 104 g/mol. The van der Waals surface area contributed by atoms with Gasteiger partial charge in [0.2, 0.25) is 0 Å². The molecule has 2 heteroatoms. The number of carbonyl (C=O) groups excluding carboxylic acids is 1. The molecule has 8 heavy (non-hydrogen) atoms. The van der Waals surface area contributed by atoms with Gasteiger partial charge in [0.05, 0.1) is 7.11 Å². The summed E-state index contributed by atoms with van der Waals surface area (Å²) in [6.07, 6.45) is 2.99. The summed E-state index contributed by atoms with van der Waals surface area (Å²) >= 11 is 0. The van der Waals surface area contributed by atoms with Crippen LogP contribution in [0.25, 0.3) is 0 Å². The molecule has 0 aliphatic heterocycles. The number of carbonyl (C=O) groups is 1. The number of hydrogen-bond donors (Lipinski definition) is 0. The van der Waals surface area contributed by atoms with Crippen LogP contribution < -0.4 is 0 Å². The average Bonchev–Trinajstić information content (AvgIpc) is 1.68. The van der Waals surface area contributed by atoms with Crippen LogP contribution in [-0.4, -0.2) is 13.1 Å². The lowest BCUT2D eigenvalue weighted by Gasteiger charge is -1.84. The lowest BCUT2D eigenvalue weighted by atomic mass is 10.5. The summed E-state index contributed by atoms with van der Waals surface area (Å²) in [7, 11) is 1.35. The quantitative estimate of drug-likeness (QED) is 0.382. The van der Waals surface area contributed by atoms with Gasteiger partial charge in [-0.25, -0.2) is 4.79 Å². The molecule has 0 atom stereocenters. The number of ether oxygens (including phenoxy) is 1. The Labute approximate surface area is 50.2 Å². The maximum Gasteiger partial charge on any atom is 0.330 e. The second-order valence-electron chi connectivity index (χ2n) is 1.02. The third-order valence-electron chi connectivity index (χ3n) is 0.504. The van der Waals surface area contributed by atoms with Gasteiger partial charge in [0.25, 0.3) is 0 Å². The number of allylic oxidation sites excluding steroid dienone is 1. The maximum absolute atomic E-state index is 10.1. The Kier molecular flexibility index (Phi) is 7.95. The van der Waals surface area contributed by atoms with Gasteiger partial charge < -0.3 is 4.74 Å². The first-order chi connectivity index (χ1) is 3.31. The van der Waals surface area contributed by atoms with Gasteiger partial charge in [0.15, 0.2) is 0 Å². The van der Waals surface area contributed by atoms with Gasteiger partial charge in [0.1, 0.15) is 0 Å². The Morgan fingerprint density at radius 1 is 1.62 bits per heavy atom. The molecule has 0 radical (unpaired) electrons. The zero-order chi connectivity index (χ0) is 5.70. The van der Waals surface area contributed by atoms with E-state index in [4.69, 9.17) is 0 Å². The van der Waals surface area contributed by atoms with E-state index in [0.29, 0.717) is 0 Å². The van der Waals surface area contributed by atoms with Crippen molar-refractivity contribution in [3.63, 3.8) is 0 Å². The van der Waals surface area contributed by atoms with Crippen molar-refractivity contribution in [1.29, 1.82) is 0 Å². The van der Waals surface area contributed by atoms with Crippen molar-refractivity contribution in [2.75, 3.05) is 7.11 Å². The predicted octanol–water partition coefficient (Wildman–Crippen LogP) is 1.37. The zero-order valence-electron chi connectivity index (χ0n) is 4.47. The van der Waals surface area contributed by atoms with Crippen molar-refractivity contribution in [3.05, 3.63) is 12.2 Å².